The lowest BCUT2D eigenvalue weighted by atomic mass is 10.0. The maximum atomic E-state index is 12.2. The number of alkyl halides is 2. The minimum atomic E-state index is -2.62. The van der Waals surface area contributed by atoms with Gasteiger partial charge in [0.15, 0.2) is 0 Å². The molecule has 0 radical (unpaired) electrons. The van der Waals surface area contributed by atoms with Crippen LogP contribution in [0.3, 0.4) is 0 Å². The maximum absolute atomic E-state index is 12.2. The van der Waals surface area contributed by atoms with Gasteiger partial charge in [-0.05, 0) is 13.3 Å². The average molecular weight is 239 g/mol. The summed E-state index contributed by atoms with van der Waals surface area (Å²) in [6, 6.07) is 0. The molecule has 0 aromatic heterocycles. The van der Waals surface area contributed by atoms with E-state index in [1.807, 2.05) is 0 Å². The fourth-order valence-electron chi connectivity index (χ4n) is 1.28. The highest BCUT2D eigenvalue weighted by Gasteiger charge is 2.35. The van der Waals surface area contributed by atoms with Gasteiger partial charge in [0.05, 0.1) is 13.2 Å². The van der Waals surface area contributed by atoms with Gasteiger partial charge in [-0.1, -0.05) is 6.92 Å². The lowest BCUT2D eigenvalue weighted by Gasteiger charge is -2.32. The Hall–Kier alpha value is -0.750. The normalized spacial score (nSPS) is 14.9. The summed E-state index contributed by atoms with van der Waals surface area (Å²) in [6.07, 6.45) is -2.23. The summed E-state index contributed by atoms with van der Waals surface area (Å²) in [4.78, 5) is 12.8. The number of hydrogen-bond donors (Lipinski definition) is 1. The average Bonchev–Trinajstić information content (AvgIpc) is 2.26. The van der Waals surface area contributed by atoms with Gasteiger partial charge in [0, 0.05) is 13.7 Å². The number of aliphatic hydroxyl groups excluding tert-OH is 1. The third kappa shape index (κ3) is 4.02. The van der Waals surface area contributed by atoms with Crippen molar-refractivity contribution in [2.75, 3.05) is 26.8 Å². The molecule has 6 heteroatoms. The SMILES string of the molecule is CCC(C)(OC)C(=O)N(CCO)CC(F)F. The molecule has 0 saturated carbocycles. The van der Waals surface area contributed by atoms with Gasteiger partial charge in [0.25, 0.3) is 12.3 Å². The van der Waals surface area contributed by atoms with Gasteiger partial charge in [0.1, 0.15) is 5.60 Å². The Bertz CT molecular complexity index is 220. The minimum Gasteiger partial charge on any atom is -0.395 e. The Morgan fingerprint density at radius 3 is 2.44 bits per heavy atom. The standard InChI is InChI=1S/C10H19F2NO3/c1-4-10(2,16-3)9(15)13(5-6-14)7-8(11)12/h8,14H,4-7H2,1-3H3. The number of hydrogen-bond acceptors (Lipinski definition) is 3. The van der Waals surface area contributed by atoms with Crippen molar-refractivity contribution in [1.29, 1.82) is 0 Å². The van der Waals surface area contributed by atoms with Crippen LogP contribution in [0.25, 0.3) is 0 Å². The summed E-state index contributed by atoms with van der Waals surface area (Å²) >= 11 is 0. The number of amides is 1. The molecule has 96 valence electrons. The number of halogens is 2. The van der Waals surface area contributed by atoms with Crippen molar-refractivity contribution in [2.45, 2.75) is 32.3 Å². The second-order valence-electron chi connectivity index (χ2n) is 3.65. The lowest BCUT2D eigenvalue weighted by molar-refractivity contribution is -0.155. The van der Waals surface area contributed by atoms with Gasteiger partial charge in [-0.25, -0.2) is 8.78 Å². The Kier molecular flexibility index (Phi) is 6.43. The highest BCUT2D eigenvalue weighted by atomic mass is 19.3. The van der Waals surface area contributed by atoms with E-state index in [0.29, 0.717) is 6.42 Å². The van der Waals surface area contributed by atoms with Gasteiger partial charge in [0.2, 0.25) is 0 Å². The summed E-state index contributed by atoms with van der Waals surface area (Å²) in [5, 5.41) is 8.73. The fraction of sp³-hybridized carbons (Fsp3) is 0.900. The Balaban J connectivity index is 4.70. The van der Waals surface area contributed by atoms with Crippen LogP contribution in [0.4, 0.5) is 8.78 Å². The zero-order valence-corrected chi connectivity index (χ0v) is 9.87. The van der Waals surface area contributed by atoms with E-state index in [0.717, 1.165) is 4.90 Å². The maximum Gasteiger partial charge on any atom is 0.255 e. The van der Waals surface area contributed by atoms with Crippen LogP contribution < -0.4 is 0 Å². The molecule has 0 rings (SSSR count). The first-order valence-corrected chi connectivity index (χ1v) is 5.14. The number of rotatable bonds is 7. The molecule has 0 aromatic carbocycles. The van der Waals surface area contributed by atoms with Crippen LogP contribution >= 0.6 is 0 Å². The monoisotopic (exact) mass is 239 g/mol. The molecule has 0 saturated heterocycles. The smallest absolute Gasteiger partial charge is 0.255 e. The van der Waals surface area contributed by atoms with Gasteiger partial charge >= 0.3 is 0 Å². The first kappa shape index (κ1) is 15.2. The molecular weight excluding hydrogens is 220 g/mol. The predicted molar refractivity (Wildman–Crippen MR) is 55.4 cm³/mol. The quantitative estimate of drug-likeness (QED) is 0.717. The Labute approximate surface area is 94.2 Å². The lowest BCUT2D eigenvalue weighted by Crippen LogP contribution is -2.50. The molecule has 1 unspecified atom stereocenters. The number of carbonyl (C=O) groups is 1. The molecule has 1 atom stereocenters. The molecule has 0 spiro atoms. The van der Waals surface area contributed by atoms with Crippen LogP contribution in [-0.2, 0) is 9.53 Å². The van der Waals surface area contributed by atoms with Crippen LogP contribution in [-0.4, -0.2) is 54.7 Å². The van der Waals surface area contributed by atoms with Gasteiger partial charge in [-0.3, -0.25) is 4.79 Å². The Morgan fingerprint density at radius 1 is 1.56 bits per heavy atom. The van der Waals surface area contributed by atoms with Crippen molar-refractivity contribution in [2.24, 2.45) is 0 Å². The minimum absolute atomic E-state index is 0.109. The van der Waals surface area contributed by atoms with E-state index in [4.69, 9.17) is 9.84 Å². The second kappa shape index (κ2) is 6.75. The zero-order chi connectivity index (χ0) is 12.8. The van der Waals surface area contributed by atoms with Gasteiger partial charge < -0.3 is 14.7 Å². The summed E-state index contributed by atoms with van der Waals surface area (Å²) in [5.74, 6) is -0.521. The van der Waals surface area contributed by atoms with Crippen molar-refractivity contribution in [3.05, 3.63) is 0 Å². The molecule has 0 heterocycles. The second-order valence-corrected chi connectivity index (χ2v) is 3.65. The number of methoxy groups -OCH3 is 1. The van der Waals surface area contributed by atoms with Crippen molar-refractivity contribution in [3.8, 4) is 0 Å². The van der Waals surface area contributed by atoms with E-state index in [-0.39, 0.29) is 13.2 Å². The van der Waals surface area contributed by atoms with Crippen LogP contribution in [0.2, 0.25) is 0 Å². The zero-order valence-electron chi connectivity index (χ0n) is 9.87. The van der Waals surface area contributed by atoms with E-state index in [9.17, 15) is 13.6 Å². The molecule has 1 N–H and O–H groups in total. The van der Waals surface area contributed by atoms with E-state index in [1.54, 1.807) is 13.8 Å². The van der Waals surface area contributed by atoms with Gasteiger partial charge in [-0.15, -0.1) is 0 Å². The number of nitrogens with zero attached hydrogens (tertiary/aromatic N) is 1. The molecule has 16 heavy (non-hydrogen) atoms. The number of aliphatic hydroxyl groups is 1. The highest BCUT2D eigenvalue weighted by molar-refractivity contribution is 5.84. The molecule has 0 aliphatic carbocycles. The third-order valence-corrected chi connectivity index (χ3v) is 2.59. The third-order valence-electron chi connectivity index (χ3n) is 2.59. The van der Waals surface area contributed by atoms with E-state index in [2.05, 4.69) is 0 Å². The first-order chi connectivity index (χ1) is 7.41. The van der Waals surface area contributed by atoms with Crippen LogP contribution in [0.5, 0.6) is 0 Å². The predicted octanol–water partition coefficient (Wildman–Crippen LogP) is 0.887. The van der Waals surface area contributed by atoms with Crippen molar-refractivity contribution in [1.82, 2.24) is 4.90 Å². The van der Waals surface area contributed by atoms with Crippen molar-refractivity contribution >= 4 is 5.91 Å². The summed E-state index contributed by atoms with van der Waals surface area (Å²) in [6.45, 7) is 2.15. The Morgan fingerprint density at radius 2 is 2.12 bits per heavy atom. The van der Waals surface area contributed by atoms with E-state index < -0.39 is 24.5 Å². The van der Waals surface area contributed by atoms with E-state index >= 15 is 0 Å². The molecular formula is C10H19F2NO3. The molecule has 0 fully saturated rings. The fourth-order valence-corrected chi connectivity index (χ4v) is 1.28. The van der Waals surface area contributed by atoms with Crippen molar-refractivity contribution < 1.29 is 23.4 Å². The largest absolute Gasteiger partial charge is 0.395 e. The summed E-state index contributed by atoms with van der Waals surface area (Å²) in [7, 11) is 1.36. The molecule has 0 bridgehead atoms. The van der Waals surface area contributed by atoms with Crippen LogP contribution in [0.1, 0.15) is 20.3 Å². The van der Waals surface area contributed by atoms with Crippen molar-refractivity contribution in [3.63, 3.8) is 0 Å². The van der Waals surface area contributed by atoms with Gasteiger partial charge in [-0.2, -0.15) is 0 Å². The van der Waals surface area contributed by atoms with E-state index in [1.165, 1.54) is 7.11 Å². The number of carbonyl (C=O) groups excluding carboxylic acids is 1. The first-order valence-electron chi connectivity index (χ1n) is 5.14. The summed E-state index contributed by atoms with van der Waals surface area (Å²) < 4.78 is 29.5. The topological polar surface area (TPSA) is 49.8 Å². The van der Waals surface area contributed by atoms with Crippen LogP contribution in [0.15, 0.2) is 0 Å². The molecule has 4 nitrogen and oxygen atoms in total. The molecule has 0 aliphatic heterocycles. The molecule has 0 aliphatic rings. The summed E-state index contributed by atoms with van der Waals surface area (Å²) in [5.41, 5.74) is -1.11. The molecule has 0 aromatic rings. The number of ether oxygens (including phenoxy) is 1. The highest BCUT2D eigenvalue weighted by Crippen LogP contribution is 2.18. The molecule has 1 amide bonds. The van der Waals surface area contributed by atoms with Crippen LogP contribution in [0, 0.1) is 0 Å².